The van der Waals surface area contributed by atoms with Crippen LogP contribution in [0.2, 0.25) is 0 Å². The van der Waals surface area contributed by atoms with Crippen LogP contribution in [-0.4, -0.2) is 12.1 Å². The number of hydrogen-bond donors (Lipinski definition) is 0. The molecule has 4 heteroatoms. The monoisotopic (exact) mass is 629 g/mol. The fraction of sp³-hybridized carbons (Fsp3) is 0.0222. The fourth-order valence-corrected chi connectivity index (χ4v) is 6.77. The van der Waals surface area contributed by atoms with Crippen LogP contribution >= 0.6 is 0 Å². The zero-order valence-electron chi connectivity index (χ0n) is 26.7. The van der Waals surface area contributed by atoms with Crippen molar-refractivity contribution in [1.29, 1.82) is 0 Å². The first-order valence-corrected chi connectivity index (χ1v) is 16.5. The van der Waals surface area contributed by atoms with Gasteiger partial charge in [0, 0.05) is 40.0 Å². The molecule has 8 bridgehead atoms. The number of benzene rings is 7. The van der Waals surface area contributed by atoms with Gasteiger partial charge in [-0.25, -0.2) is 4.99 Å². The van der Waals surface area contributed by atoms with Crippen molar-refractivity contribution in [2.24, 2.45) is 9.98 Å². The zero-order chi connectivity index (χ0) is 32.6. The standard InChI is InChI=1S/C45H31N3O/c1-3-12-31(13-4-1)29-46-45-36-18-10-17-35(25-36)41-27-39(28-43-44(41)40-22-7-8-23-42(40)49-43)48(37-19-5-2-6-20-37)38-21-11-16-34(26-38)33-15-9-14-32(24-33)30-47-45/h1-29H,30H2/b46-29+,47-45-. The fourth-order valence-electron chi connectivity index (χ4n) is 6.77. The van der Waals surface area contributed by atoms with Crippen LogP contribution in [0.15, 0.2) is 184 Å². The normalized spacial score (nSPS) is 13.9. The maximum absolute atomic E-state index is 6.59. The lowest BCUT2D eigenvalue weighted by Crippen LogP contribution is -2.10. The molecule has 8 aromatic rings. The van der Waals surface area contributed by atoms with Gasteiger partial charge in [0.2, 0.25) is 0 Å². The Hall–Kier alpha value is -6.52. The molecule has 9 rings (SSSR count). The molecule has 49 heavy (non-hydrogen) atoms. The number of nitrogens with zero attached hydrogens (tertiary/aromatic N) is 3. The van der Waals surface area contributed by atoms with Gasteiger partial charge in [-0.3, -0.25) is 4.99 Å². The Balaban J connectivity index is 1.34. The molecule has 0 amide bonds. The SMILES string of the molecule is C(=N\C1=N/Cc2cccc(c2)-c2cccc(c2)N(c2ccccc2)c2cc(c3c(c2)oc2ccccc23)-c2cccc1c2)/c1ccccc1. The number of para-hydroxylation sites is 2. The number of anilines is 3. The first-order valence-electron chi connectivity index (χ1n) is 16.5. The molecule has 0 saturated heterocycles. The second-order valence-electron chi connectivity index (χ2n) is 12.3. The van der Waals surface area contributed by atoms with Crippen LogP contribution in [0.4, 0.5) is 17.1 Å². The van der Waals surface area contributed by atoms with E-state index >= 15 is 0 Å². The van der Waals surface area contributed by atoms with Gasteiger partial charge in [-0.2, -0.15) is 0 Å². The van der Waals surface area contributed by atoms with Crippen molar-refractivity contribution in [1.82, 2.24) is 0 Å². The van der Waals surface area contributed by atoms with Crippen LogP contribution < -0.4 is 4.90 Å². The van der Waals surface area contributed by atoms with Crippen LogP contribution in [0, 0.1) is 0 Å². The smallest absolute Gasteiger partial charge is 0.154 e. The van der Waals surface area contributed by atoms with Crippen LogP contribution in [0.5, 0.6) is 0 Å². The topological polar surface area (TPSA) is 41.1 Å². The summed E-state index contributed by atoms with van der Waals surface area (Å²) in [7, 11) is 0. The summed E-state index contributed by atoms with van der Waals surface area (Å²) in [5, 5.41) is 2.17. The molecule has 1 aliphatic rings. The van der Waals surface area contributed by atoms with E-state index in [1.54, 1.807) is 0 Å². The first-order chi connectivity index (χ1) is 24.3. The average Bonchev–Trinajstić information content (AvgIpc) is 3.54. The third kappa shape index (κ3) is 5.49. The third-order valence-corrected chi connectivity index (χ3v) is 9.08. The number of aliphatic imine (C=N–C) groups is 2. The Bertz CT molecular complexity index is 2530. The van der Waals surface area contributed by atoms with Crippen molar-refractivity contribution >= 4 is 51.1 Å². The summed E-state index contributed by atoms with van der Waals surface area (Å²) in [5.41, 5.74) is 12.3. The summed E-state index contributed by atoms with van der Waals surface area (Å²) in [5.74, 6) is 0.681. The second-order valence-corrected chi connectivity index (χ2v) is 12.3. The van der Waals surface area contributed by atoms with Crippen LogP contribution in [0.1, 0.15) is 16.7 Å². The number of rotatable bonds is 2. The number of fused-ring (bicyclic) bond motifs is 14. The van der Waals surface area contributed by atoms with E-state index in [2.05, 4.69) is 144 Å². The molecule has 0 aliphatic carbocycles. The Morgan fingerprint density at radius 1 is 0.531 bits per heavy atom. The molecule has 0 radical (unpaired) electrons. The minimum absolute atomic E-state index is 0.501. The highest BCUT2D eigenvalue weighted by molar-refractivity contribution is 6.14. The summed E-state index contributed by atoms with van der Waals surface area (Å²) >= 11 is 0. The van der Waals surface area contributed by atoms with Gasteiger partial charge >= 0.3 is 0 Å². The van der Waals surface area contributed by atoms with E-state index in [1.807, 2.05) is 36.5 Å². The van der Waals surface area contributed by atoms with Gasteiger partial charge in [0.05, 0.1) is 12.2 Å². The third-order valence-electron chi connectivity index (χ3n) is 9.08. The maximum Gasteiger partial charge on any atom is 0.154 e. The van der Waals surface area contributed by atoms with Crippen LogP contribution in [-0.2, 0) is 6.54 Å². The molecule has 1 aromatic heterocycles. The Labute approximate surface area is 285 Å². The molecule has 0 atom stereocenters. The minimum Gasteiger partial charge on any atom is -0.456 e. The van der Waals surface area contributed by atoms with Gasteiger partial charge in [0.1, 0.15) is 11.2 Å². The van der Waals surface area contributed by atoms with Gasteiger partial charge in [0.15, 0.2) is 5.84 Å². The molecule has 0 fully saturated rings. The average molecular weight is 630 g/mol. The van der Waals surface area contributed by atoms with Crippen molar-refractivity contribution in [3.8, 4) is 22.3 Å². The summed E-state index contributed by atoms with van der Waals surface area (Å²) in [6.07, 6.45) is 1.89. The molecule has 1 aliphatic heterocycles. The lowest BCUT2D eigenvalue weighted by Gasteiger charge is -2.27. The summed E-state index contributed by atoms with van der Waals surface area (Å²) in [6.45, 7) is 0.501. The molecular formula is C45H31N3O. The molecule has 0 spiro atoms. The molecule has 0 N–H and O–H groups in total. The molecule has 2 heterocycles. The molecule has 7 aromatic carbocycles. The Morgan fingerprint density at radius 3 is 2.10 bits per heavy atom. The van der Waals surface area contributed by atoms with Gasteiger partial charge in [-0.1, -0.05) is 115 Å². The predicted octanol–water partition coefficient (Wildman–Crippen LogP) is 11.8. The Morgan fingerprint density at radius 2 is 1.22 bits per heavy atom. The van der Waals surface area contributed by atoms with Crippen molar-refractivity contribution in [2.45, 2.75) is 6.54 Å². The highest BCUT2D eigenvalue weighted by Gasteiger charge is 2.20. The quantitative estimate of drug-likeness (QED) is 0.179. The van der Waals surface area contributed by atoms with Crippen LogP contribution in [0.3, 0.4) is 0 Å². The number of hydrogen-bond acceptors (Lipinski definition) is 4. The van der Waals surface area contributed by atoms with Crippen molar-refractivity contribution in [2.75, 3.05) is 4.90 Å². The number of furan rings is 1. The highest BCUT2D eigenvalue weighted by Crippen LogP contribution is 2.44. The summed E-state index contributed by atoms with van der Waals surface area (Å²) in [6, 6.07) is 59.4. The van der Waals surface area contributed by atoms with Crippen molar-refractivity contribution in [3.05, 3.63) is 187 Å². The summed E-state index contributed by atoms with van der Waals surface area (Å²) < 4.78 is 6.59. The molecule has 232 valence electrons. The van der Waals surface area contributed by atoms with E-state index in [-0.39, 0.29) is 0 Å². The molecular weight excluding hydrogens is 599 g/mol. The highest BCUT2D eigenvalue weighted by atomic mass is 16.3. The van der Waals surface area contributed by atoms with Crippen molar-refractivity contribution < 1.29 is 4.42 Å². The molecule has 0 saturated carbocycles. The van der Waals surface area contributed by atoms with Crippen LogP contribution in [0.25, 0.3) is 44.2 Å². The minimum atomic E-state index is 0.501. The lowest BCUT2D eigenvalue weighted by molar-refractivity contribution is 0.669. The van der Waals surface area contributed by atoms with E-state index in [1.165, 1.54) is 0 Å². The van der Waals surface area contributed by atoms with E-state index < -0.39 is 0 Å². The molecule has 0 unspecified atom stereocenters. The first kappa shape index (κ1) is 28.7. The molecule has 4 nitrogen and oxygen atoms in total. The van der Waals surface area contributed by atoms with Crippen molar-refractivity contribution in [3.63, 3.8) is 0 Å². The van der Waals surface area contributed by atoms with Gasteiger partial charge < -0.3 is 9.32 Å². The second kappa shape index (κ2) is 12.3. The maximum atomic E-state index is 6.59. The largest absolute Gasteiger partial charge is 0.456 e. The van der Waals surface area contributed by atoms with E-state index in [0.29, 0.717) is 12.4 Å². The van der Waals surface area contributed by atoms with E-state index in [0.717, 1.165) is 77.9 Å². The zero-order valence-corrected chi connectivity index (χ0v) is 26.7. The van der Waals surface area contributed by atoms with Gasteiger partial charge in [0.25, 0.3) is 0 Å². The van der Waals surface area contributed by atoms with Gasteiger partial charge in [-0.05, 0) is 81.9 Å². The number of amidine groups is 1. The predicted molar refractivity (Wildman–Crippen MR) is 204 cm³/mol. The summed E-state index contributed by atoms with van der Waals surface area (Å²) in [4.78, 5) is 12.4. The van der Waals surface area contributed by atoms with E-state index in [4.69, 9.17) is 14.4 Å². The van der Waals surface area contributed by atoms with E-state index in [9.17, 15) is 0 Å². The lowest BCUT2D eigenvalue weighted by atomic mass is 9.96. The van der Waals surface area contributed by atoms with Gasteiger partial charge in [-0.15, -0.1) is 0 Å². The Kier molecular flexibility index (Phi) is 7.17.